The van der Waals surface area contributed by atoms with E-state index in [0.29, 0.717) is 11.2 Å². The molecule has 0 atom stereocenters. The number of halogens is 1. The van der Waals surface area contributed by atoms with Gasteiger partial charge in [-0.15, -0.1) is 0 Å². The highest BCUT2D eigenvalue weighted by Gasteiger charge is 2.12. The number of pyridine rings is 1. The van der Waals surface area contributed by atoms with Gasteiger partial charge in [0.25, 0.3) is 0 Å². The van der Waals surface area contributed by atoms with Crippen molar-refractivity contribution in [3.63, 3.8) is 0 Å². The van der Waals surface area contributed by atoms with Crippen LogP contribution in [0, 0.1) is 3.57 Å². The highest BCUT2D eigenvalue weighted by atomic mass is 127. The molecular weight excluding hydrogens is 379 g/mol. The first-order valence-corrected chi connectivity index (χ1v) is 7.36. The number of carboxylic acids is 1. The Kier molecular flexibility index (Phi) is 3.74. The van der Waals surface area contributed by atoms with Crippen LogP contribution < -0.4 is 5.32 Å². The lowest BCUT2D eigenvalue weighted by molar-refractivity contribution is 0.0698. The fourth-order valence-corrected chi connectivity index (χ4v) is 2.49. The van der Waals surface area contributed by atoms with Gasteiger partial charge < -0.3 is 10.4 Å². The Morgan fingerprint density at radius 3 is 2.38 bits per heavy atom. The molecule has 0 aliphatic rings. The van der Waals surface area contributed by atoms with E-state index in [-0.39, 0.29) is 5.56 Å². The summed E-state index contributed by atoms with van der Waals surface area (Å²) in [4.78, 5) is 15.5. The summed E-state index contributed by atoms with van der Waals surface area (Å²) < 4.78 is 1.15. The van der Waals surface area contributed by atoms with Crippen LogP contribution in [0.25, 0.3) is 10.8 Å². The molecule has 21 heavy (non-hydrogen) atoms. The second kappa shape index (κ2) is 5.69. The zero-order chi connectivity index (χ0) is 14.8. The standard InChI is InChI=1S/C16H11IN2O2/c17-10-5-7-11(8-6-10)19-15-13-4-2-1-3-12(13)14(9-18-15)16(20)21/h1-9H,(H,18,19)(H,20,21). The molecule has 3 rings (SSSR count). The third-order valence-corrected chi connectivity index (χ3v) is 3.85. The molecule has 0 unspecified atom stereocenters. The van der Waals surface area contributed by atoms with Gasteiger partial charge in [0.15, 0.2) is 0 Å². The number of aromatic carboxylic acids is 1. The summed E-state index contributed by atoms with van der Waals surface area (Å²) in [6.07, 6.45) is 1.39. The second-order valence-electron chi connectivity index (χ2n) is 4.50. The van der Waals surface area contributed by atoms with Gasteiger partial charge in [-0.1, -0.05) is 24.3 Å². The number of carbonyl (C=O) groups is 1. The first-order chi connectivity index (χ1) is 10.1. The van der Waals surface area contributed by atoms with Crippen LogP contribution in [0.2, 0.25) is 0 Å². The minimum absolute atomic E-state index is 0.207. The van der Waals surface area contributed by atoms with E-state index in [1.807, 2.05) is 42.5 Å². The first kappa shape index (κ1) is 13.8. The van der Waals surface area contributed by atoms with Crippen LogP contribution in [0.4, 0.5) is 11.5 Å². The van der Waals surface area contributed by atoms with Crippen LogP contribution >= 0.6 is 22.6 Å². The number of nitrogens with zero attached hydrogens (tertiary/aromatic N) is 1. The third-order valence-electron chi connectivity index (χ3n) is 3.13. The number of hydrogen-bond donors (Lipinski definition) is 2. The van der Waals surface area contributed by atoms with Crippen LogP contribution in [-0.4, -0.2) is 16.1 Å². The number of anilines is 2. The SMILES string of the molecule is O=C(O)c1cnc(Nc2ccc(I)cc2)c2ccccc12. The lowest BCUT2D eigenvalue weighted by Gasteiger charge is -2.10. The Labute approximate surface area is 135 Å². The Morgan fingerprint density at radius 2 is 1.71 bits per heavy atom. The van der Waals surface area contributed by atoms with Crippen molar-refractivity contribution in [2.45, 2.75) is 0 Å². The van der Waals surface area contributed by atoms with E-state index in [9.17, 15) is 9.90 Å². The highest BCUT2D eigenvalue weighted by molar-refractivity contribution is 14.1. The van der Waals surface area contributed by atoms with Gasteiger partial charge in [0.05, 0.1) is 5.56 Å². The Hall–Kier alpha value is -2.15. The average Bonchev–Trinajstić information content (AvgIpc) is 2.49. The molecule has 4 nitrogen and oxygen atoms in total. The van der Waals surface area contributed by atoms with E-state index < -0.39 is 5.97 Å². The normalized spacial score (nSPS) is 10.5. The van der Waals surface area contributed by atoms with E-state index in [2.05, 4.69) is 32.9 Å². The molecule has 0 amide bonds. The molecule has 0 saturated carbocycles. The van der Waals surface area contributed by atoms with Crippen molar-refractivity contribution in [1.82, 2.24) is 4.98 Å². The van der Waals surface area contributed by atoms with Crippen molar-refractivity contribution in [2.75, 3.05) is 5.32 Å². The number of nitrogens with one attached hydrogen (secondary N) is 1. The average molecular weight is 390 g/mol. The van der Waals surface area contributed by atoms with Crippen LogP contribution in [0.1, 0.15) is 10.4 Å². The van der Waals surface area contributed by atoms with Gasteiger partial charge in [-0.05, 0) is 46.9 Å². The van der Waals surface area contributed by atoms with Crippen molar-refractivity contribution >= 4 is 50.8 Å². The van der Waals surface area contributed by atoms with Gasteiger partial charge in [-0.2, -0.15) is 0 Å². The number of hydrogen-bond acceptors (Lipinski definition) is 3. The highest BCUT2D eigenvalue weighted by Crippen LogP contribution is 2.27. The smallest absolute Gasteiger partial charge is 0.337 e. The van der Waals surface area contributed by atoms with E-state index in [1.54, 1.807) is 6.07 Å². The minimum atomic E-state index is -0.973. The quantitative estimate of drug-likeness (QED) is 0.656. The molecule has 0 saturated heterocycles. The third kappa shape index (κ3) is 2.82. The molecule has 104 valence electrons. The van der Waals surface area contributed by atoms with E-state index in [4.69, 9.17) is 0 Å². The van der Waals surface area contributed by atoms with Gasteiger partial charge >= 0.3 is 5.97 Å². The summed E-state index contributed by atoms with van der Waals surface area (Å²) in [5.74, 6) is -0.323. The van der Waals surface area contributed by atoms with Crippen molar-refractivity contribution in [3.05, 3.63) is 63.9 Å². The Bertz CT molecular complexity index is 816. The van der Waals surface area contributed by atoms with Crippen molar-refractivity contribution in [2.24, 2.45) is 0 Å². The summed E-state index contributed by atoms with van der Waals surface area (Å²) in [7, 11) is 0. The van der Waals surface area contributed by atoms with Gasteiger partial charge in [0.2, 0.25) is 0 Å². The molecule has 0 bridgehead atoms. The van der Waals surface area contributed by atoms with Gasteiger partial charge in [-0.25, -0.2) is 9.78 Å². The van der Waals surface area contributed by atoms with Gasteiger partial charge in [-0.3, -0.25) is 0 Å². The van der Waals surface area contributed by atoms with Crippen LogP contribution in [0.15, 0.2) is 54.7 Å². The molecule has 0 aliphatic heterocycles. The Morgan fingerprint density at radius 1 is 1.05 bits per heavy atom. The summed E-state index contributed by atoms with van der Waals surface area (Å²) in [5, 5.41) is 13.9. The van der Waals surface area contributed by atoms with Crippen molar-refractivity contribution in [3.8, 4) is 0 Å². The van der Waals surface area contributed by atoms with Crippen LogP contribution in [0.3, 0.4) is 0 Å². The predicted octanol–water partition coefficient (Wildman–Crippen LogP) is 4.28. The lowest BCUT2D eigenvalue weighted by Crippen LogP contribution is -2.02. The summed E-state index contributed by atoms with van der Waals surface area (Å²) >= 11 is 2.24. The van der Waals surface area contributed by atoms with Crippen LogP contribution in [-0.2, 0) is 0 Å². The molecule has 0 fully saturated rings. The van der Waals surface area contributed by atoms with Crippen molar-refractivity contribution in [1.29, 1.82) is 0 Å². The van der Waals surface area contributed by atoms with Gasteiger partial charge in [0.1, 0.15) is 5.82 Å². The number of aromatic nitrogens is 1. The summed E-state index contributed by atoms with van der Waals surface area (Å²) in [6.45, 7) is 0. The molecule has 3 aromatic rings. The number of fused-ring (bicyclic) bond motifs is 1. The summed E-state index contributed by atoms with van der Waals surface area (Å²) in [6, 6.07) is 15.3. The number of benzene rings is 2. The topological polar surface area (TPSA) is 62.2 Å². The maximum atomic E-state index is 11.3. The molecule has 0 spiro atoms. The molecule has 5 heteroatoms. The summed E-state index contributed by atoms with van der Waals surface area (Å²) in [5.41, 5.74) is 1.12. The molecule has 1 aromatic heterocycles. The molecule has 0 radical (unpaired) electrons. The second-order valence-corrected chi connectivity index (χ2v) is 5.75. The number of rotatable bonds is 3. The maximum absolute atomic E-state index is 11.3. The molecule has 2 aromatic carbocycles. The zero-order valence-electron chi connectivity index (χ0n) is 10.9. The Balaban J connectivity index is 2.09. The molecule has 1 heterocycles. The monoisotopic (exact) mass is 390 g/mol. The largest absolute Gasteiger partial charge is 0.478 e. The lowest BCUT2D eigenvalue weighted by atomic mass is 10.1. The number of carboxylic acid groups (broad SMARTS) is 1. The van der Waals surface area contributed by atoms with Crippen LogP contribution in [0.5, 0.6) is 0 Å². The molecule has 0 aliphatic carbocycles. The molecular formula is C16H11IN2O2. The minimum Gasteiger partial charge on any atom is -0.478 e. The maximum Gasteiger partial charge on any atom is 0.337 e. The zero-order valence-corrected chi connectivity index (χ0v) is 13.0. The fraction of sp³-hybridized carbons (Fsp3) is 0. The first-order valence-electron chi connectivity index (χ1n) is 6.29. The van der Waals surface area contributed by atoms with E-state index >= 15 is 0 Å². The van der Waals surface area contributed by atoms with E-state index in [1.165, 1.54) is 6.20 Å². The molecule has 2 N–H and O–H groups in total. The fourth-order valence-electron chi connectivity index (χ4n) is 2.13. The predicted molar refractivity (Wildman–Crippen MR) is 91.1 cm³/mol. The van der Waals surface area contributed by atoms with Crippen molar-refractivity contribution < 1.29 is 9.90 Å². The van der Waals surface area contributed by atoms with E-state index in [0.717, 1.165) is 14.6 Å². The van der Waals surface area contributed by atoms with Gasteiger partial charge in [0, 0.05) is 26.2 Å².